The number of nitrogens with zero attached hydrogens (tertiary/aromatic N) is 1. The van der Waals surface area contributed by atoms with Crippen LogP contribution in [-0.4, -0.2) is 18.7 Å². The van der Waals surface area contributed by atoms with Gasteiger partial charge in [-0.05, 0) is 24.3 Å². The zero-order valence-corrected chi connectivity index (χ0v) is 10.2. The van der Waals surface area contributed by atoms with Crippen LogP contribution in [0.2, 0.25) is 0 Å². The summed E-state index contributed by atoms with van der Waals surface area (Å²) in [5, 5.41) is 0. The molecule has 0 bridgehead atoms. The first-order valence-electron chi connectivity index (χ1n) is 5.73. The molecule has 0 fully saturated rings. The molecule has 1 unspecified atom stereocenters. The van der Waals surface area contributed by atoms with Crippen LogP contribution >= 0.6 is 0 Å². The Morgan fingerprint density at radius 2 is 2.00 bits per heavy atom. The Labute approximate surface area is 106 Å². The summed E-state index contributed by atoms with van der Waals surface area (Å²) < 4.78 is 10.7. The van der Waals surface area contributed by atoms with Crippen molar-refractivity contribution in [1.29, 1.82) is 0 Å². The molecule has 1 atom stereocenters. The van der Waals surface area contributed by atoms with Gasteiger partial charge < -0.3 is 15.2 Å². The zero-order valence-electron chi connectivity index (χ0n) is 10.2. The first-order chi connectivity index (χ1) is 8.79. The molecule has 1 aromatic heterocycles. The third kappa shape index (κ3) is 3.21. The van der Waals surface area contributed by atoms with E-state index in [1.807, 2.05) is 42.5 Å². The Morgan fingerprint density at radius 1 is 1.17 bits per heavy atom. The molecule has 4 heteroatoms. The number of aromatic nitrogens is 1. The van der Waals surface area contributed by atoms with Crippen LogP contribution in [0.3, 0.4) is 0 Å². The minimum absolute atomic E-state index is 0.239. The minimum Gasteiger partial charge on any atom is -0.497 e. The average Bonchev–Trinajstić information content (AvgIpc) is 2.46. The summed E-state index contributed by atoms with van der Waals surface area (Å²) in [5.74, 6) is 1.50. The van der Waals surface area contributed by atoms with Crippen molar-refractivity contribution in [3.63, 3.8) is 0 Å². The maximum atomic E-state index is 5.99. The van der Waals surface area contributed by atoms with Crippen LogP contribution in [0.4, 0.5) is 0 Å². The van der Waals surface area contributed by atoms with Crippen LogP contribution in [0.25, 0.3) is 0 Å². The predicted molar refractivity (Wildman–Crippen MR) is 69.7 cm³/mol. The fourth-order valence-electron chi connectivity index (χ4n) is 1.56. The summed E-state index contributed by atoms with van der Waals surface area (Å²) in [7, 11) is 1.62. The fraction of sp³-hybridized carbons (Fsp3) is 0.214. The Hall–Kier alpha value is -2.07. The van der Waals surface area contributed by atoms with Gasteiger partial charge in [-0.3, -0.25) is 4.98 Å². The van der Waals surface area contributed by atoms with Gasteiger partial charge in [0.1, 0.15) is 18.1 Å². The normalized spacial score (nSPS) is 11.9. The van der Waals surface area contributed by atoms with Crippen molar-refractivity contribution in [2.75, 3.05) is 13.7 Å². The molecular weight excluding hydrogens is 228 g/mol. The maximum Gasteiger partial charge on any atom is 0.123 e. The van der Waals surface area contributed by atoms with Gasteiger partial charge in [0, 0.05) is 12.3 Å². The Bertz CT molecular complexity index is 488. The van der Waals surface area contributed by atoms with Gasteiger partial charge in [-0.1, -0.05) is 12.1 Å². The van der Waals surface area contributed by atoms with E-state index >= 15 is 0 Å². The summed E-state index contributed by atoms with van der Waals surface area (Å²) in [6.07, 6.45) is 1.72. The van der Waals surface area contributed by atoms with Gasteiger partial charge >= 0.3 is 0 Å². The fourth-order valence-corrected chi connectivity index (χ4v) is 1.56. The van der Waals surface area contributed by atoms with Gasteiger partial charge in [0.2, 0.25) is 0 Å². The van der Waals surface area contributed by atoms with E-state index < -0.39 is 0 Å². The molecule has 2 aromatic rings. The zero-order chi connectivity index (χ0) is 12.8. The highest BCUT2D eigenvalue weighted by Crippen LogP contribution is 2.19. The van der Waals surface area contributed by atoms with Gasteiger partial charge in [0.05, 0.1) is 18.8 Å². The van der Waals surface area contributed by atoms with Gasteiger partial charge in [-0.15, -0.1) is 0 Å². The molecule has 0 radical (unpaired) electrons. The molecule has 2 rings (SSSR count). The highest BCUT2D eigenvalue weighted by Gasteiger charge is 2.07. The van der Waals surface area contributed by atoms with E-state index in [0.717, 1.165) is 17.2 Å². The van der Waals surface area contributed by atoms with Crippen LogP contribution in [0, 0.1) is 0 Å². The molecule has 0 saturated heterocycles. The number of methoxy groups -OCH3 is 1. The van der Waals surface area contributed by atoms with Crippen molar-refractivity contribution in [2.24, 2.45) is 5.73 Å². The molecule has 94 valence electrons. The SMILES string of the molecule is COc1cccc(OCC(N)c2ccccn2)c1. The minimum atomic E-state index is -0.239. The maximum absolute atomic E-state index is 5.99. The summed E-state index contributed by atoms with van der Waals surface area (Å²) >= 11 is 0. The highest BCUT2D eigenvalue weighted by molar-refractivity contribution is 5.32. The number of nitrogens with two attached hydrogens (primary N) is 1. The molecule has 0 aliphatic rings. The first-order valence-corrected chi connectivity index (χ1v) is 5.73. The van der Waals surface area contributed by atoms with Crippen molar-refractivity contribution < 1.29 is 9.47 Å². The predicted octanol–water partition coefficient (Wildman–Crippen LogP) is 2.17. The lowest BCUT2D eigenvalue weighted by atomic mass is 10.2. The third-order valence-electron chi connectivity index (χ3n) is 2.54. The lowest BCUT2D eigenvalue weighted by molar-refractivity contribution is 0.286. The highest BCUT2D eigenvalue weighted by atomic mass is 16.5. The van der Waals surface area contributed by atoms with E-state index in [1.54, 1.807) is 13.3 Å². The number of rotatable bonds is 5. The summed E-state index contributed by atoms with van der Waals surface area (Å²) in [5.41, 5.74) is 6.81. The second-order valence-electron chi connectivity index (χ2n) is 3.85. The van der Waals surface area contributed by atoms with Gasteiger partial charge in [0.25, 0.3) is 0 Å². The molecule has 18 heavy (non-hydrogen) atoms. The van der Waals surface area contributed by atoms with E-state index in [0.29, 0.717) is 6.61 Å². The number of hydrogen-bond acceptors (Lipinski definition) is 4. The first kappa shape index (κ1) is 12.4. The number of pyridine rings is 1. The lowest BCUT2D eigenvalue weighted by Gasteiger charge is -2.13. The Balaban J connectivity index is 1.95. The van der Waals surface area contributed by atoms with Crippen molar-refractivity contribution in [3.05, 3.63) is 54.4 Å². The van der Waals surface area contributed by atoms with Crippen molar-refractivity contribution in [2.45, 2.75) is 6.04 Å². The van der Waals surface area contributed by atoms with E-state index in [-0.39, 0.29) is 6.04 Å². The Kier molecular flexibility index (Phi) is 4.15. The van der Waals surface area contributed by atoms with E-state index in [4.69, 9.17) is 15.2 Å². The van der Waals surface area contributed by atoms with Crippen LogP contribution in [-0.2, 0) is 0 Å². The summed E-state index contributed by atoms with van der Waals surface area (Å²) in [4.78, 5) is 4.19. The topological polar surface area (TPSA) is 57.4 Å². The van der Waals surface area contributed by atoms with Gasteiger partial charge in [-0.25, -0.2) is 0 Å². The van der Waals surface area contributed by atoms with Crippen molar-refractivity contribution in [3.8, 4) is 11.5 Å². The molecule has 0 spiro atoms. The number of ether oxygens (including phenoxy) is 2. The molecule has 0 aliphatic carbocycles. The molecule has 4 nitrogen and oxygen atoms in total. The molecule has 0 saturated carbocycles. The molecular formula is C14H16N2O2. The smallest absolute Gasteiger partial charge is 0.123 e. The average molecular weight is 244 g/mol. The van der Waals surface area contributed by atoms with Crippen molar-refractivity contribution in [1.82, 2.24) is 4.98 Å². The van der Waals surface area contributed by atoms with Crippen LogP contribution in [0.1, 0.15) is 11.7 Å². The van der Waals surface area contributed by atoms with Crippen LogP contribution in [0.15, 0.2) is 48.7 Å². The second kappa shape index (κ2) is 6.02. The third-order valence-corrected chi connectivity index (χ3v) is 2.54. The van der Waals surface area contributed by atoms with Crippen LogP contribution < -0.4 is 15.2 Å². The second-order valence-corrected chi connectivity index (χ2v) is 3.85. The lowest BCUT2D eigenvalue weighted by Crippen LogP contribution is -2.20. The Morgan fingerprint density at radius 3 is 2.72 bits per heavy atom. The monoisotopic (exact) mass is 244 g/mol. The van der Waals surface area contributed by atoms with Gasteiger partial charge in [0.15, 0.2) is 0 Å². The van der Waals surface area contributed by atoms with Crippen molar-refractivity contribution >= 4 is 0 Å². The molecule has 1 aromatic carbocycles. The van der Waals surface area contributed by atoms with E-state index in [2.05, 4.69) is 4.98 Å². The molecule has 1 heterocycles. The quantitative estimate of drug-likeness (QED) is 0.875. The number of hydrogen-bond donors (Lipinski definition) is 1. The molecule has 0 amide bonds. The largest absolute Gasteiger partial charge is 0.497 e. The number of benzene rings is 1. The van der Waals surface area contributed by atoms with Crippen LogP contribution in [0.5, 0.6) is 11.5 Å². The van der Waals surface area contributed by atoms with Gasteiger partial charge in [-0.2, -0.15) is 0 Å². The molecule has 0 aliphatic heterocycles. The summed E-state index contributed by atoms with van der Waals surface area (Å²) in [6, 6.07) is 12.9. The van der Waals surface area contributed by atoms with E-state index in [9.17, 15) is 0 Å². The standard InChI is InChI=1S/C14H16N2O2/c1-17-11-5-4-6-12(9-11)18-10-13(15)14-7-2-3-8-16-14/h2-9,13H,10,15H2,1H3. The molecule has 2 N–H and O–H groups in total. The van der Waals surface area contributed by atoms with E-state index in [1.165, 1.54) is 0 Å². The summed E-state index contributed by atoms with van der Waals surface area (Å²) in [6.45, 7) is 0.379.